The van der Waals surface area contributed by atoms with E-state index in [-0.39, 0.29) is 17.7 Å². The van der Waals surface area contributed by atoms with E-state index in [0.717, 1.165) is 19.5 Å². The number of likely N-dealkylation sites (tertiary alicyclic amines) is 1. The predicted molar refractivity (Wildman–Crippen MR) is 88.0 cm³/mol. The lowest BCUT2D eigenvalue weighted by atomic mass is 10.1. The SMILES string of the molecule is O=C(NC[C@H]1CC(=O)N(CCc2ccccc2)C1)c1ccc[nH]1. The van der Waals surface area contributed by atoms with Crippen LogP contribution in [0.4, 0.5) is 0 Å². The summed E-state index contributed by atoms with van der Waals surface area (Å²) in [6, 6.07) is 13.7. The third kappa shape index (κ3) is 4.00. The lowest BCUT2D eigenvalue weighted by Gasteiger charge is -2.16. The van der Waals surface area contributed by atoms with E-state index in [0.29, 0.717) is 18.7 Å². The summed E-state index contributed by atoms with van der Waals surface area (Å²) in [5.74, 6) is 0.252. The van der Waals surface area contributed by atoms with E-state index in [9.17, 15) is 9.59 Å². The highest BCUT2D eigenvalue weighted by atomic mass is 16.2. The van der Waals surface area contributed by atoms with Crippen molar-refractivity contribution in [3.05, 3.63) is 59.9 Å². The summed E-state index contributed by atoms with van der Waals surface area (Å²) in [5, 5.41) is 2.89. The predicted octanol–water partition coefficient (Wildman–Crippen LogP) is 1.84. The number of nitrogens with one attached hydrogen (secondary N) is 2. The Labute approximate surface area is 135 Å². The van der Waals surface area contributed by atoms with Crippen molar-refractivity contribution < 1.29 is 9.59 Å². The lowest BCUT2D eigenvalue weighted by molar-refractivity contribution is -0.127. The highest BCUT2D eigenvalue weighted by Gasteiger charge is 2.29. The van der Waals surface area contributed by atoms with Crippen LogP contribution in [0.1, 0.15) is 22.5 Å². The second-order valence-corrected chi connectivity index (χ2v) is 5.94. The van der Waals surface area contributed by atoms with Crippen LogP contribution in [0.5, 0.6) is 0 Å². The number of aromatic amines is 1. The van der Waals surface area contributed by atoms with Gasteiger partial charge in [-0.2, -0.15) is 0 Å². The fourth-order valence-electron chi connectivity index (χ4n) is 2.92. The molecule has 1 aromatic carbocycles. The fourth-order valence-corrected chi connectivity index (χ4v) is 2.92. The molecule has 2 N–H and O–H groups in total. The Balaban J connectivity index is 1.45. The molecule has 0 unspecified atom stereocenters. The van der Waals surface area contributed by atoms with Gasteiger partial charge in [-0.05, 0) is 24.1 Å². The average molecular weight is 311 g/mol. The molecule has 2 heterocycles. The van der Waals surface area contributed by atoms with Crippen LogP contribution in [0.25, 0.3) is 0 Å². The molecule has 2 aromatic rings. The van der Waals surface area contributed by atoms with Crippen molar-refractivity contribution in [2.24, 2.45) is 5.92 Å². The van der Waals surface area contributed by atoms with Gasteiger partial charge in [0, 0.05) is 38.2 Å². The molecule has 23 heavy (non-hydrogen) atoms. The molecule has 0 radical (unpaired) electrons. The van der Waals surface area contributed by atoms with Crippen molar-refractivity contribution in [1.82, 2.24) is 15.2 Å². The van der Waals surface area contributed by atoms with Crippen LogP contribution in [-0.2, 0) is 11.2 Å². The van der Waals surface area contributed by atoms with Crippen LogP contribution in [0.3, 0.4) is 0 Å². The van der Waals surface area contributed by atoms with Crippen LogP contribution in [0.2, 0.25) is 0 Å². The van der Waals surface area contributed by atoms with Crippen molar-refractivity contribution in [2.75, 3.05) is 19.6 Å². The minimum atomic E-state index is -0.120. The van der Waals surface area contributed by atoms with Crippen LogP contribution < -0.4 is 5.32 Å². The third-order valence-electron chi connectivity index (χ3n) is 4.20. The van der Waals surface area contributed by atoms with E-state index >= 15 is 0 Å². The van der Waals surface area contributed by atoms with Gasteiger partial charge in [0.2, 0.25) is 5.91 Å². The molecule has 0 saturated carbocycles. The summed E-state index contributed by atoms with van der Waals surface area (Å²) in [6.45, 7) is 1.99. The number of carbonyl (C=O) groups excluding carboxylic acids is 2. The van der Waals surface area contributed by atoms with Crippen molar-refractivity contribution in [3.63, 3.8) is 0 Å². The second-order valence-electron chi connectivity index (χ2n) is 5.94. The molecule has 120 valence electrons. The molecule has 5 heteroatoms. The number of H-pyrrole nitrogens is 1. The Bertz CT molecular complexity index is 652. The van der Waals surface area contributed by atoms with E-state index in [4.69, 9.17) is 0 Å². The highest BCUT2D eigenvalue weighted by Crippen LogP contribution is 2.17. The number of rotatable bonds is 6. The van der Waals surface area contributed by atoms with Crippen molar-refractivity contribution in [3.8, 4) is 0 Å². The van der Waals surface area contributed by atoms with Gasteiger partial charge >= 0.3 is 0 Å². The Morgan fingerprint density at radius 1 is 1.22 bits per heavy atom. The van der Waals surface area contributed by atoms with E-state index < -0.39 is 0 Å². The number of carbonyl (C=O) groups is 2. The van der Waals surface area contributed by atoms with E-state index in [1.165, 1.54) is 5.56 Å². The number of amides is 2. The van der Waals surface area contributed by atoms with Gasteiger partial charge in [-0.15, -0.1) is 0 Å². The molecular weight excluding hydrogens is 290 g/mol. The number of hydrogen-bond acceptors (Lipinski definition) is 2. The monoisotopic (exact) mass is 311 g/mol. The molecule has 1 aliphatic rings. The molecular formula is C18H21N3O2. The van der Waals surface area contributed by atoms with Crippen molar-refractivity contribution >= 4 is 11.8 Å². The largest absolute Gasteiger partial charge is 0.357 e. The Morgan fingerprint density at radius 3 is 2.78 bits per heavy atom. The zero-order chi connectivity index (χ0) is 16.1. The molecule has 2 amide bonds. The Kier molecular flexibility index (Phi) is 4.76. The second kappa shape index (κ2) is 7.13. The first kappa shape index (κ1) is 15.3. The Hall–Kier alpha value is -2.56. The van der Waals surface area contributed by atoms with Gasteiger partial charge in [0.15, 0.2) is 0 Å². The summed E-state index contributed by atoms with van der Waals surface area (Å²) in [5.41, 5.74) is 1.79. The van der Waals surface area contributed by atoms with Gasteiger partial charge in [-0.1, -0.05) is 30.3 Å². The zero-order valence-electron chi connectivity index (χ0n) is 13.0. The van der Waals surface area contributed by atoms with Gasteiger partial charge in [-0.25, -0.2) is 0 Å². The van der Waals surface area contributed by atoms with Crippen LogP contribution >= 0.6 is 0 Å². The van der Waals surface area contributed by atoms with Crippen molar-refractivity contribution in [1.29, 1.82) is 0 Å². The lowest BCUT2D eigenvalue weighted by Crippen LogP contribution is -2.32. The van der Waals surface area contributed by atoms with E-state index in [1.807, 2.05) is 23.1 Å². The molecule has 1 aliphatic heterocycles. The summed E-state index contributed by atoms with van der Waals surface area (Å²) < 4.78 is 0. The van der Waals surface area contributed by atoms with Gasteiger partial charge in [0.25, 0.3) is 5.91 Å². The van der Waals surface area contributed by atoms with Gasteiger partial charge < -0.3 is 15.2 Å². The summed E-state index contributed by atoms with van der Waals surface area (Å²) in [7, 11) is 0. The average Bonchev–Trinajstić information content (AvgIpc) is 3.22. The first-order chi connectivity index (χ1) is 11.2. The maximum absolute atomic E-state index is 12.1. The quantitative estimate of drug-likeness (QED) is 0.855. The van der Waals surface area contributed by atoms with Crippen molar-refractivity contribution in [2.45, 2.75) is 12.8 Å². The number of aromatic nitrogens is 1. The number of benzene rings is 1. The van der Waals surface area contributed by atoms with Gasteiger partial charge in [0.05, 0.1) is 0 Å². The first-order valence-electron chi connectivity index (χ1n) is 7.95. The first-order valence-corrected chi connectivity index (χ1v) is 7.95. The maximum atomic E-state index is 12.1. The standard InChI is InChI=1S/C18H21N3O2/c22-17-11-15(12-20-18(23)16-7-4-9-19-16)13-21(17)10-8-14-5-2-1-3-6-14/h1-7,9,15,19H,8,10-13H2,(H,20,23)/t15-/m1/s1. The summed E-state index contributed by atoms with van der Waals surface area (Å²) >= 11 is 0. The molecule has 0 spiro atoms. The molecule has 1 aromatic heterocycles. The topological polar surface area (TPSA) is 65.2 Å². The van der Waals surface area contributed by atoms with E-state index in [1.54, 1.807) is 18.3 Å². The van der Waals surface area contributed by atoms with E-state index in [2.05, 4.69) is 22.4 Å². The third-order valence-corrected chi connectivity index (χ3v) is 4.20. The zero-order valence-corrected chi connectivity index (χ0v) is 13.0. The van der Waals surface area contributed by atoms with Gasteiger partial charge in [0.1, 0.15) is 5.69 Å². The summed E-state index contributed by atoms with van der Waals surface area (Å²) in [6.07, 6.45) is 3.10. The fraction of sp³-hybridized carbons (Fsp3) is 0.333. The highest BCUT2D eigenvalue weighted by molar-refractivity contribution is 5.92. The smallest absolute Gasteiger partial charge is 0.267 e. The summed E-state index contributed by atoms with van der Waals surface area (Å²) in [4.78, 5) is 28.8. The van der Waals surface area contributed by atoms with Crippen LogP contribution in [0, 0.1) is 5.92 Å². The molecule has 0 bridgehead atoms. The molecule has 5 nitrogen and oxygen atoms in total. The normalized spacial score (nSPS) is 17.5. The minimum Gasteiger partial charge on any atom is -0.357 e. The van der Waals surface area contributed by atoms with Crippen LogP contribution in [-0.4, -0.2) is 41.3 Å². The molecule has 0 aliphatic carbocycles. The number of nitrogens with zero attached hydrogens (tertiary/aromatic N) is 1. The van der Waals surface area contributed by atoms with Gasteiger partial charge in [-0.3, -0.25) is 9.59 Å². The van der Waals surface area contributed by atoms with Crippen LogP contribution in [0.15, 0.2) is 48.7 Å². The molecule has 1 atom stereocenters. The molecule has 3 rings (SSSR count). The maximum Gasteiger partial charge on any atom is 0.267 e. The Morgan fingerprint density at radius 2 is 2.04 bits per heavy atom. The number of hydrogen-bond donors (Lipinski definition) is 2. The molecule has 1 fully saturated rings. The minimum absolute atomic E-state index is 0.120. The molecule has 1 saturated heterocycles.